The lowest BCUT2D eigenvalue weighted by molar-refractivity contribution is -0.131. The Kier molecular flexibility index (Phi) is 7.91. The molecule has 0 spiro atoms. The first-order chi connectivity index (χ1) is 16.6. The van der Waals surface area contributed by atoms with E-state index in [0.717, 1.165) is 11.8 Å². The van der Waals surface area contributed by atoms with E-state index in [-0.39, 0.29) is 26.2 Å². The van der Waals surface area contributed by atoms with Crippen LogP contribution in [-0.2, 0) is 21.2 Å². The average Bonchev–Trinajstić information content (AvgIpc) is 2.85. The zero-order valence-corrected chi connectivity index (χ0v) is 20.0. The Labute approximate surface area is 202 Å². The van der Waals surface area contributed by atoms with E-state index in [1.165, 1.54) is 23.3 Å². The second kappa shape index (κ2) is 10.7. The van der Waals surface area contributed by atoms with Crippen LogP contribution in [0.25, 0.3) is 10.9 Å². The van der Waals surface area contributed by atoms with Gasteiger partial charge in [0.1, 0.15) is 12.4 Å². The highest BCUT2D eigenvalue weighted by Crippen LogP contribution is 2.22. The van der Waals surface area contributed by atoms with Gasteiger partial charge in [-0.25, -0.2) is 18.9 Å². The molecule has 0 fully saturated rings. The molecule has 1 amide bonds. The predicted octanol–water partition coefficient (Wildman–Crippen LogP) is 0.866. The molecule has 0 radical (unpaired) electrons. The molecule has 10 nitrogen and oxygen atoms in total. The molecule has 0 aliphatic carbocycles. The van der Waals surface area contributed by atoms with Gasteiger partial charge in [0.2, 0.25) is 0 Å². The van der Waals surface area contributed by atoms with Crippen LogP contribution >= 0.6 is 0 Å². The number of fused-ring (bicyclic) bond motifs is 1. The Balaban J connectivity index is 1.81. The largest absolute Gasteiger partial charge is 0.491 e. The van der Waals surface area contributed by atoms with Crippen molar-refractivity contribution in [1.29, 1.82) is 0 Å². The fraction of sp³-hybridized carbons (Fsp3) is 0.292. The third kappa shape index (κ3) is 5.86. The number of carbonyl (C=O) groups excluding carboxylic acids is 1. The van der Waals surface area contributed by atoms with Crippen molar-refractivity contribution < 1.29 is 28.3 Å². The van der Waals surface area contributed by atoms with Crippen LogP contribution in [0.2, 0.25) is 0 Å². The Bertz CT molecular complexity index is 1450. The maximum absolute atomic E-state index is 12.9. The summed E-state index contributed by atoms with van der Waals surface area (Å²) in [5.74, 6) is 5.59. The predicted molar refractivity (Wildman–Crippen MR) is 129 cm³/mol. The number of amides is 1. The first kappa shape index (κ1) is 25.9. The van der Waals surface area contributed by atoms with Crippen molar-refractivity contribution in [1.82, 2.24) is 15.0 Å². The van der Waals surface area contributed by atoms with Gasteiger partial charge in [-0.3, -0.25) is 19.4 Å². The summed E-state index contributed by atoms with van der Waals surface area (Å²) < 4.78 is 28.9. The van der Waals surface area contributed by atoms with E-state index in [2.05, 4.69) is 16.8 Å². The maximum atomic E-state index is 12.9. The van der Waals surface area contributed by atoms with Gasteiger partial charge in [0.05, 0.1) is 23.8 Å². The summed E-state index contributed by atoms with van der Waals surface area (Å²) in [4.78, 5) is 29.2. The molecule has 1 aromatic heterocycles. The van der Waals surface area contributed by atoms with E-state index in [9.17, 15) is 18.0 Å². The van der Waals surface area contributed by atoms with E-state index in [0.29, 0.717) is 22.2 Å². The molecule has 3 N–H and O–H groups in total. The Morgan fingerprint density at radius 3 is 2.46 bits per heavy atom. The normalized spacial score (nSPS) is 12.9. The summed E-state index contributed by atoms with van der Waals surface area (Å²) in [5.41, 5.74) is 2.81. The van der Waals surface area contributed by atoms with Crippen LogP contribution in [0.3, 0.4) is 0 Å². The molecule has 0 saturated heterocycles. The van der Waals surface area contributed by atoms with E-state index in [4.69, 9.17) is 15.1 Å². The third-order valence-corrected chi connectivity index (χ3v) is 7.65. The van der Waals surface area contributed by atoms with Gasteiger partial charge >= 0.3 is 0 Å². The van der Waals surface area contributed by atoms with Gasteiger partial charge < -0.3 is 9.84 Å². The topological polar surface area (TPSA) is 148 Å². The van der Waals surface area contributed by atoms with E-state index < -0.39 is 26.1 Å². The van der Waals surface area contributed by atoms with Gasteiger partial charge in [0.15, 0.2) is 14.6 Å². The number of nitrogens with zero attached hydrogens (tertiary/aromatic N) is 2. The second-order valence-corrected chi connectivity index (χ2v) is 10.5. The first-order valence-corrected chi connectivity index (χ1v) is 12.5. The molecule has 0 saturated carbocycles. The van der Waals surface area contributed by atoms with Gasteiger partial charge in [-0.2, -0.15) is 0 Å². The van der Waals surface area contributed by atoms with Crippen molar-refractivity contribution >= 4 is 26.6 Å². The van der Waals surface area contributed by atoms with Crippen LogP contribution < -0.4 is 15.8 Å². The van der Waals surface area contributed by atoms with E-state index in [1.807, 2.05) is 0 Å². The minimum atomic E-state index is -3.88. The Hall–Kier alpha value is -3.72. The summed E-state index contributed by atoms with van der Waals surface area (Å²) in [6, 6.07) is 12.0. The van der Waals surface area contributed by atoms with Crippen molar-refractivity contribution in [3.8, 4) is 17.6 Å². The number of aromatic nitrogens is 2. The number of aliphatic hydroxyl groups excluding tert-OH is 1. The average molecular weight is 500 g/mol. The maximum Gasteiger partial charge on any atom is 0.264 e. The smallest absolute Gasteiger partial charge is 0.264 e. The standard InChI is InChI=1S/C24H25N3O7S/c1-24(23(30)26-31,35(2,32)33)11-12-27-16-25-21-15-18(7-10-20(21)22(27)29)4-3-17-5-8-19(9-6-17)34-14-13-28/h5-10,15-16,28,31H,11-14H2,1-2H3,(H,26,30)/t24-/m1/s1. The molecule has 0 aliphatic heterocycles. The highest BCUT2D eigenvalue weighted by atomic mass is 32.2. The number of hydrogen-bond donors (Lipinski definition) is 3. The number of sulfone groups is 1. The van der Waals surface area contributed by atoms with Crippen molar-refractivity contribution in [3.05, 3.63) is 70.3 Å². The molecule has 1 atom stereocenters. The van der Waals surface area contributed by atoms with Gasteiger partial charge in [0.25, 0.3) is 11.5 Å². The van der Waals surface area contributed by atoms with Crippen LogP contribution in [-0.4, -0.2) is 58.4 Å². The van der Waals surface area contributed by atoms with Crippen molar-refractivity contribution in [2.75, 3.05) is 19.5 Å². The molecular formula is C24H25N3O7S. The minimum absolute atomic E-state index is 0.0659. The number of rotatable bonds is 8. The summed E-state index contributed by atoms with van der Waals surface area (Å²) >= 11 is 0. The minimum Gasteiger partial charge on any atom is -0.491 e. The van der Waals surface area contributed by atoms with Gasteiger partial charge in [-0.15, -0.1) is 0 Å². The van der Waals surface area contributed by atoms with Crippen LogP contribution in [0.1, 0.15) is 24.5 Å². The highest BCUT2D eigenvalue weighted by molar-refractivity contribution is 7.92. The number of hydrogen-bond acceptors (Lipinski definition) is 8. The van der Waals surface area contributed by atoms with E-state index >= 15 is 0 Å². The van der Waals surface area contributed by atoms with Crippen molar-refractivity contribution in [2.24, 2.45) is 0 Å². The second-order valence-electron chi connectivity index (χ2n) is 8.02. The lowest BCUT2D eigenvalue weighted by Gasteiger charge is -2.25. The molecule has 11 heteroatoms. The van der Waals surface area contributed by atoms with Crippen LogP contribution in [0.5, 0.6) is 5.75 Å². The molecule has 35 heavy (non-hydrogen) atoms. The molecule has 184 valence electrons. The number of aliphatic hydroxyl groups is 1. The van der Waals surface area contributed by atoms with Crippen LogP contribution in [0.4, 0.5) is 0 Å². The number of carbonyl (C=O) groups is 1. The lowest BCUT2D eigenvalue weighted by Crippen LogP contribution is -2.50. The summed E-state index contributed by atoms with van der Waals surface area (Å²) in [5, 5.41) is 18.1. The van der Waals surface area contributed by atoms with Gasteiger partial charge in [0, 0.05) is 23.9 Å². The quantitative estimate of drug-likeness (QED) is 0.235. The number of aryl methyl sites for hydroxylation is 1. The molecule has 2 aromatic carbocycles. The summed E-state index contributed by atoms with van der Waals surface area (Å²) in [7, 11) is -3.88. The molecule has 0 aliphatic rings. The molecule has 1 heterocycles. The Morgan fingerprint density at radius 2 is 1.83 bits per heavy atom. The number of ether oxygens (including phenoxy) is 1. The van der Waals surface area contributed by atoms with Crippen LogP contribution in [0, 0.1) is 11.8 Å². The van der Waals surface area contributed by atoms with Crippen molar-refractivity contribution in [3.63, 3.8) is 0 Å². The summed E-state index contributed by atoms with van der Waals surface area (Å²) in [6.45, 7) is 1.24. The molecule has 0 bridgehead atoms. The number of nitrogens with one attached hydrogen (secondary N) is 1. The SMILES string of the molecule is C[C@@](CCn1cnc2cc(C#Cc3ccc(OCCO)cc3)ccc2c1=O)(C(=O)NO)S(C)(=O)=O. The highest BCUT2D eigenvalue weighted by Gasteiger charge is 2.43. The fourth-order valence-corrected chi connectivity index (χ4v) is 4.10. The van der Waals surface area contributed by atoms with E-state index in [1.54, 1.807) is 42.5 Å². The molecule has 3 aromatic rings. The van der Waals surface area contributed by atoms with Gasteiger partial charge in [-0.05, 0) is 55.8 Å². The monoisotopic (exact) mass is 499 g/mol. The molecular weight excluding hydrogens is 474 g/mol. The third-order valence-electron chi connectivity index (χ3n) is 5.62. The molecule has 0 unspecified atom stereocenters. The van der Waals surface area contributed by atoms with Crippen LogP contribution in [0.15, 0.2) is 53.6 Å². The van der Waals surface area contributed by atoms with Gasteiger partial charge in [-0.1, -0.05) is 11.8 Å². The number of hydroxylamine groups is 1. The zero-order chi connectivity index (χ0) is 25.6. The summed E-state index contributed by atoms with van der Waals surface area (Å²) in [6.07, 6.45) is 1.94. The zero-order valence-electron chi connectivity index (χ0n) is 19.2. The fourth-order valence-electron chi connectivity index (χ4n) is 3.26. The Morgan fingerprint density at radius 1 is 1.17 bits per heavy atom. The molecule has 3 rings (SSSR count). The number of benzene rings is 2. The lowest BCUT2D eigenvalue weighted by atomic mass is 10.1. The van der Waals surface area contributed by atoms with Crippen molar-refractivity contribution in [2.45, 2.75) is 24.6 Å². The first-order valence-electron chi connectivity index (χ1n) is 10.6.